The van der Waals surface area contributed by atoms with E-state index in [4.69, 9.17) is 4.74 Å². The number of likely N-dealkylation sites (tertiary alicyclic amines) is 1. The summed E-state index contributed by atoms with van der Waals surface area (Å²) in [6.07, 6.45) is 5.82. The molecule has 98 valence electrons. The molecule has 1 aliphatic heterocycles. The molecule has 0 aromatic heterocycles. The van der Waals surface area contributed by atoms with E-state index >= 15 is 0 Å². The van der Waals surface area contributed by atoms with E-state index in [0.717, 1.165) is 25.1 Å². The predicted octanol–water partition coefficient (Wildman–Crippen LogP) is 2.75. The molecule has 2 rings (SSSR count). The summed E-state index contributed by atoms with van der Waals surface area (Å²) < 4.78 is 5.64. The Morgan fingerprint density at radius 3 is 2.83 bits per heavy atom. The summed E-state index contributed by atoms with van der Waals surface area (Å²) in [4.78, 5) is 13.1. The van der Waals surface area contributed by atoms with Crippen LogP contribution in [0, 0.1) is 0 Å². The summed E-state index contributed by atoms with van der Waals surface area (Å²) >= 11 is 0. The van der Waals surface area contributed by atoms with Gasteiger partial charge in [0.1, 0.15) is 12.0 Å². The molecule has 0 N–H and O–H groups in total. The number of unbranched alkanes of at least 4 members (excludes halogenated alkanes) is 1. The van der Waals surface area contributed by atoms with Crippen LogP contribution in [0.2, 0.25) is 0 Å². The second-order valence-electron chi connectivity index (χ2n) is 4.79. The molecule has 1 fully saturated rings. The summed E-state index contributed by atoms with van der Waals surface area (Å²) in [5.74, 6) is 0.792. The largest absolute Gasteiger partial charge is 0.494 e. The molecule has 1 aromatic carbocycles. The summed E-state index contributed by atoms with van der Waals surface area (Å²) in [6, 6.07) is 7.32. The number of aldehydes is 1. The van der Waals surface area contributed by atoms with Gasteiger partial charge in [-0.05, 0) is 57.5 Å². The number of nitrogens with zero attached hydrogens (tertiary/aromatic N) is 1. The molecule has 3 nitrogen and oxygen atoms in total. The van der Waals surface area contributed by atoms with Crippen molar-refractivity contribution < 1.29 is 9.53 Å². The molecular weight excluding hydrogens is 226 g/mol. The SMILES string of the molecule is O=Cc1cccc(OCCCCN2CCCC2)c1. The van der Waals surface area contributed by atoms with Gasteiger partial charge in [-0.2, -0.15) is 0 Å². The van der Waals surface area contributed by atoms with Gasteiger partial charge in [0, 0.05) is 5.56 Å². The lowest BCUT2D eigenvalue weighted by atomic mass is 10.2. The lowest BCUT2D eigenvalue weighted by Crippen LogP contribution is -2.20. The Morgan fingerprint density at radius 1 is 1.22 bits per heavy atom. The van der Waals surface area contributed by atoms with E-state index in [2.05, 4.69) is 4.90 Å². The first-order valence-corrected chi connectivity index (χ1v) is 6.79. The van der Waals surface area contributed by atoms with Gasteiger partial charge < -0.3 is 9.64 Å². The summed E-state index contributed by atoms with van der Waals surface area (Å²) in [6.45, 7) is 4.46. The Kier molecular flexibility index (Phi) is 5.21. The quantitative estimate of drug-likeness (QED) is 0.548. The Hall–Kier alpha value is -1.35. The van der Waals surface area contributed by atoms with Crippen LogP contribution in [-0.2, 0) is 0 Å². The molecule has 1 saturated heterocycles. The topological polar surface area (TPSA) is 29.5 Å². The second kappa shape index (κ2) is 7.17. The van der Waals surface area contributed by atoms with Crippen molar-refractivity contribution in [1.82, 2.24) is 4.90 Å². The van der Waals surface area contributed by atoms with E-state index in [0.29, 0.717) is 5.56 Å². The van der Waals surface area contributed by atoms with Crippen molar-refractivity contribution in [3.05, 3.63) is 29.8 Å². The van der Waals surface area contributed by atoms with Gasteiger partial charge in [0.2, 0.25) is 0 Å². The van der Waals surface area contributed by atoms with E-state index < -0.39 is 0 Å². The Balaban J connectivity index is 1.60. The lowest BCUT2D eigenvalue weighted by Gasteiger charge is -2.14. The van der Waals surface area contributed by atoms with Crippen LogP contribution in [-0.4, -0.2) is 37.4 Å². The highest BCUT2D eigenvalue weighted by molar-refractivity contribution is 5.75. The third-order valence-corrected chi connectivity index (χ3v) is 3.33. The average Bonchev–Trinajstić information content (AvgIpc) is 2.92. The normalized spacial score (nSPS) is 15.8. The van der Waals surface area contributed by atoms with E-state index in [1.807, 2.05) is 12.1 Å². The molecule has 0 spiro atoms. The van der Waals surface area contributed by atoms with E-state index in [9.17, 15) is 4.79 Å². The van der Waals surface area contributed by atoms with E-state index in [1.165, 1.54) is 38.9 Å². The standard InChI is InChI=1S/C15H21NO2/c17-13-14-6-5-7-15(12-14)18-11-4-3-10-16-8-1-2-9-16/h5-7,12-13H,1-4,8-11H2. The van der Waals surface area contributed by atoms with Gasteiger partial charge in [0.25, 0.3) is 0 Å². The van der Waals surface area contributed by atoms with Gasteiger partial charge in [0.15, 0.2) is 0 Å². The molecule has 0 unspecified atom stereocenters. The maximum absolute atomic E-state index is 10.6. The minimum atomic E-state index is 0.671. The zero-order chi connectivity index (χ0) is 12.6. The second-order valence-corrected chi connectivity index (χ2v) is 4.79. The predicted molar refractivity (Wildman–Crippen MR) is 72.2 cm³/mol. The van der Waals surface area contributed by atoms with Crippen LogP contribution in [0.4, 0.5) is 0 Å². The number of rotatable bonds is 7. The van der Waals surface area contributed by atoms with Crippen molar-refractivity contribution in [2.24, 2.45) is 0 Å². The molecule has 1 aliphatic rings. The van der Waals surface area contributed by atoms with Crippen molar-refractivity contribution in [2.75, 3.05) is 26.2 Å². The molecule has 0 aliphatic carbocycles. The van der Waals surface area contributed by atoms with Crippen LogP contribution in [0.25, 0.3) is 0 Å². The molecule has 1 heterocycles. The van der Waals surface area contributed by atoms with Crippen LogP contribution >= 0.6 is 0 Å². The number of carbonyl (C=O) groups is 1. The Morgan fingerprint density at radius 2 is 2.06 bits per heavy atom. The van der Waals surface area contributed by atoms with Crippen molar-refractivity contribution in [1.29, 1.82) is 0 Å². The number of ether oxygens (including phenoxy) is 1. The zero-order valence-corrected chi connectivity index (χ0v) is 10.8. The molecule has 0 amide bonds. The van der Waals surface area contributed by atoms with Crippen LogP contribution in [0.5, 0.6) is 5.75 Å². The number of hydrogen-bond acceptors (Lipinski definition) is 3. The highest BCUT2D eigenvalue weighted by Gasteiger charge is 2.09. The fourth-order valence-corrected chi connectivity index (χ4v) is 2.31. The zero-order valence-electron chi connectivity index (χ0n) is 10.8. The van der Waals surface area contributed by atoms with Crippen LogP contribution in [0.1, 0.15) is 36.0 Å². The third kappa shape index (κ3) is 4.15. The van der Waals surface area contributed by atoms with Gasteiger partial charge in [-0.1, -0.05) is 12.1 Å². The Bertz CT molecular complexity index is 373. The smallest absolute Gasteiger partial charge is 0.150 e. The van der Waals surface area contributed by atoms with E-state index in [-0.39, 0.29) is 0 Å². The number of carbonyl (C=O) groups excluding carboxylic acids is 1. The number of benzene rings is 1. The molecular formula is C15H21NO2. The van der Waals surface area contributed by atoms with Gasteiger partial charge in [-0.3, -0.25) is 4.79 Å². The average molecular weight is 247 g/mol. The maximum Gasteiger partial charge on any atom is 0.150 e. The van der Waals surface area contributed by atoms with Crippen LogP contribution in [0.3, 0.4) is 0 Å². The molecule has 18 heavy (non-hydrogen) atoms. The first-order chi connectivity index (χ1) is 8.88. The third-order valence-electron chi connectivity index (χ3n) is 3.33. The van der Waals surface area contributed by atoms with Crippen molar-refractivity contribution >= 4 is 6.29 Å². The minimum Gasteiger partial charge on any atom is -0.494 e. The molecule has 0 saturated carbocycles. The van der Waals surface area contributed by atoms with Gasteiger partial charge >= 0.3 is 0 Å². The molecule has 0 bridgehead atoms. The number of hydrogen-bond donors (Lipinski definition) is 0. The summed E-state index contributed by atoms with van der Waals surface area (Å²) in [5, 5.41) is 0. The highest BCUT2D eigenvalue weighted by Crippen LogP contribution is 2.13. The van der Waals surface area contributed by atoms with Crippen LogP contribution in [0.15, 0.2) is 24.3 Å². The minimum absolute atomic E-state index is 0.671. The van der Waals surface area contributed by atoms with Crippen molar-refractivity contribution in [3.8, 4) is 5.75 Å². The monoisotopic (exact) mass is 247 g/mol. The highest BCUT2D eigenvalue weighted by atomic mass is 16.5. The molecule has 3 heteroatoms. The van der Waals surface area contributed by atoms with Gasteiger partial charge in [-0.15, -0.1) is 0 Å². The van der Waals surface area contributed by atoms with Crippen molar-refractivity contribution in [3.63, 3.8) is 0 Å². The first kappa shape index (κ1) is 13.1. The first-order valence-electron chi connectivity index (χ1n) is 6.79. The van der Waals surface area contributed by atoms with Crippen molar-refractivity contribution in [2.45, 2.75) is 25.7 Å². The van der Waals surface area contributed by atoms with Crippen LogP contribution < -0.4 is 4.74 Å². The summed E-state index contributed by atoms with van der Waals surface area (Å²) in [5.41, 5.74) is 0.671. The van der Waals surface area contributed by atoms with Gasteiger partial charge in [-0.25, -0.2) is 0 Å². The summed E-state index contributed by atoms with van der Waals surface area (Å²) in [7, 11) is 0. The van der Waals surface area contributed by atoms with Gasteiger partial charge in [0.05, 0.1) is 6.61 Å². The van der Waals surface area contributed by atoms with E-state index in [1.54, 1.807) is 12.1 Å². The lowest BCUT2D eigenvalue weighted by molar-refractivity contribution is 0.112. The molecule has 0 radical (unpaired) electrons. The maximum atomic E-state index is 10.6. The molecule has 0 atom stereocenters. The fraction of sp³-hybridized carbons (Fsp3) is 0.533. The Labute approximate surface area is 109 Å². The fourth-order valence-electron chi connectivity index (χ4n) is 2.31. The molecule has 1 aromatic rings.